The van der Waals surface area contributed by atoms with Crippen LogP contribution in [-0.2, 0) is 10.1 Å². The summed E-state index contributed by atoms with van der Waals surface area (Å²) in [6, 6.07) is 11.0. The van der Waals surface area contributed by atoms with Gasteiger partial charge in [-0.1, -0.05) is 19.3 Å². The molecule has 2 fully saturated rings. The number of rotatable bonds is 7. The first-order chi connectivity index (χ1) is 17.3. The SMILES string of the molecule is O=C(Nc1nc2ccc(OS(=O)(=O)c3ccc(NC4CCCC4)cc3)cc2[nH]1)NC1(O)CCCCC1. The van der Waals surface area contributed by atoms with Crippen molar-refractivity contribution in [3.05, 3.63) is 42.5 Å². The highest BCUT2D eigenvalue weighted by Gasteiger charge is 2.31. The molecule has 0 saturated heterocycles. The van der Waals surface area contributed by atoms with Crippen LogP contribution in [0.3, 0.4) is 0 Å². The van der Waals surface area contributed by atoms with Gasteiger partial charge in [0.1, 0.15) is 16.4 Å². The van der Waals surface area contributed by atoms with E-state index in [0.717, 1.165) is 37.8 Å². The third kappa shape index (κ3) is 5.73. The Morgan fingerprint density at radius 1 is 1.03 bits per heavy atom. The Balaban J connectivity index is 1.23. The maximum absolute atomic E-state index is 12.8. The summed E-state index contributed by atoms with van der Waals surface area (Å²) in [6.45, 7) is 0. The van der Waals surface area contributed by atoms with Crippen molar-refractivity contribution in [2.24, 2.45) is 0 Å². The molecule has 2 aromatic carbocycles. The molecule has 2 aliphatic carbocycles. The lowest BCUT2D eigenvalue weighted by atomic mass is 9.92. The van der Waals surface area contributed by atoms with Crippen LogP contribution in [-0.4, -0.2) is 41.3 Å². The fraction of sp³-hybridized carbons (Fsp3) is 0.440. The van der Waals surface area contributed by atoms with E-state index in [-0.39, 0.29) is 16.6 Å². The monoisotopic (exact) mass is 513 g/mol. The molecular formula is C25H31N5O5S. The number of nitrogens with one attached hydrogen (secondary N) is 4. The molecule has 2 aliphatic rings. The van der Waals surface area contributed by atoms with Crippen molar-refractivity contribution >= 4 is 38.8 Å². The maximum atomic E-state index is 12.8. The van der Waals surface area contributed by atoms with E-state index in [2.05, 4.69) is 25.9 Å². The molecule has 0 atom stereocenters. The van der Waals surface area contributed by atoms with Crippen molar-refractivity contribution in [1.82, 2.24) is 15.3 Å². The molecule has 36 heavy (non-hydrogen) atoms. The summed E-state index contributed by atoms with van der Waals surface area (Å²) in [7, 11) is -4.03. The Bertz CT molecular complexity index is 1330. The molecule has 0 unspecified atom stereocenters. The Kier molecular flexibility index (Phi) is 6.76. The highest BCUT2D eigenvalue weighted by molar-refractivity contribution is 7.87. The van der Waals surface area contributed by atoms with Gasteiger partial charge in [-0.3, -0.25) is 5.32 Å². The minimum atomic E-state index is -4.03. The number of hydrogen-bond donors (Lipinski definition) is 5. The molecule has 0 aliphatic heterocycles. The van der Waals surface area contributed by atoms with Crippen LogP contribution in [0.15, 0.2) is 47.4 Å². The molecule has 5 N–H and O–H groups in total. The molecule has 3 aromatic rings. The van der Waals surface area contributed by atoms with Gasteiger partial charge in [-0.2, -0.15) is 8.42 Å². The standard InChI is InChI=1S/C25H31N5O5S/c31-24(30-25(32)14-4-1-5-15-25)29-23-27-21-13-10-19(16-22(21)28-23)35-36(33,34)20-11-8-18(9-12-20)26-17-6-2-3-7-17/h8-13,16-17,26,32H,1-7,14-15H2,(H3,27,28,29,30,31). The summed E-state index contributed by atoms with van der Waals surface area (Å²) >= 11 is 0. The summed E-state index contributed by atoms with van der Waals surface area (Å²) in [5.74, 6) is 0.291. The van der Waals surface area contributed by atoms with Crippen LogP contribution in [0.1, 0.15) is 57.8 Å². The lowest BCUT2D eigenvalue weighted by Gasteiger charge is -2.32. The van der Waals surface area contributed by atoms with Crippen LogP contribution in [0, 0.1) is 0 Å². The van der Waals surface area contributed by atoms with E-state index in [4.69, 9.17) is 4.18 Å². The van der Waals surface area contributed by atoms with Crippen LogP contribution in [0.4, 0.5) is 16.4 Å². The molecular weight excluding hydrogens is 482 g/mol. The number of aliphatic hydroxyl groups is 1. The van der Waals surface area contributed by atoms with Gasteiger partial charge >= 0.3 is 16.1 Å². The van der Waals surface area contributed by atoms with Crippen LogP contribution < -0.4 is 20.1 Å². The number of carbonyl (C=O) groups is 1. The number of H-pyrrole nitrogens is 1. The topological polar surface area (TPSA) is 145 Å². The minimum absolute atomic E-state index is 0.0591. The molecule has 2 saturated carbocycles. The van der Waals surface area contributed by atoms with E-state index >= 15 is 0 Å². The van der Waals surface area contributed by atoms with Gasteiger partial charge in [0.25, 0.3) is 0 Å². The second-order valence-electron chi connectivity index (χ2n) is 9.62. The third-order valence-electron chi connectivity index (χ3n) is 6.79. The highest BCUT2D eigenvalue weighted by atomic mass is 32.2. The molecule has 0 spiro atoms. The fourth-order valence-corrected chi connectivity index (χ4v) is 5.83. The van der Waals surface area contributed by atoms with Crippen molar-refractivity contribution in [3.63, 3.8) is 0 Å². The molecule has 192 valence electrons. The molecule has 10 nitrogen and oxygen atoms in total. The van der Waals surface area contributed by atoms with Gasteiger partial charge in [-0.25, -0.2) is 9.78 Å². The number of hydrogen-bond acceptors (Lipinski definition) is 7. The van der Waals surface area contributed by atoms with Crippen molar-refractivity contribution < 1.29 is 22.5 Å². The number of fused-ring (bicyclic) bond motifs is 1. The first-order valence-corrected chi connectivity index (χ1v) is 13.8. The predicted octanol–water partition coefficient (Wildman–Crippen LogP) is 4.46. The lowest BCUT2D eigenvalue weighted by Crippen LogP contribution is -2.51. The molecule has 2 amide bonds. The van der Waals surface area contributed by atoms with Gasteiger partial charge < -0.3 is 24.9 Å². The van der Waals surface area contributed by atoms with E-state index in [0.29, 0.717) is 29.9 Å². The zero-order chi connectivity index (χ0) is 25.2. The Labute approximate surface area is 210 Å². The van der Waals surface area contributed by atoms with Crippen LogP contribution in [0.2, 0.25) is 0 Å². The summed E-state index contributed by atoms with van der Waals surface area (Å²) in [6.07, 6.45) is 8.46. The quantitative estimate of drug-likeness (QED) is 0.232. The number of anilines is 2. The van der Waals surface area contributed by atoms with Crippen molar-refractivity contribution in [2.75, 3.05) is 10.6 Å². The van der Waals surface area contributed by atoms with Gasteiger partial charge in [-0.15, -0.1) is 0 Å². The molecule has 0 bridgehead atoms. The normalized spacial score (nSPS) is 18.1. The molecule has 11 heteroatoms. The summed E-state index contributed by atoms with van der Waals surface area (Å²) < 4.78 is 31.0. The van der Waals surface area contributed by atoms with Crippen LogP contribution >= 0.6 is 0 Å². The fourth-order valence-electron chi connectivity index (χ4n) is 4.91. The summed E-state index contributed by atoms with van der Waals surface area (Å²) in [5.41, 5.74) is 0.688. The van der Waals surface area contributed by atoms with E-state index < -0.39 is 21.9 Å². The average molecular weight is 514 g/mol. The summed E-state index contributed by atoms with van der Waals surface area (Å²) in [4.78, 5) is 19.6. The predicted molar refractivity (Wildman–Crippen MR) is 136 cm³/mol. The summed E-state index contributed by atoms with van der Waals surface area (Å²) in [5, 5.41) is 19.1. The highest BCUT2D eigenvalue weighted by Crippen LogP contribution is 2.27. The van der Waals surface area contributed by atoms with Gasteiger partial charge in [0, 0.05) is 17.8 Å². The van der Waals surface area contributed by atoms with Gasteiger partial charge in [0.05, 0.1) is 11.0 Å². The second-order valence-corrected chi connectivity index (χ2v) is 11.2. The number of carbonyl (C=O) groups excluding carboxylic acids is 1. The zero-order valence-corrected chi connectivity index (χ0v) is 20.7. The van der Waals surface area contributed by atoms with E-state index in [1.54, 1.807) is 18.2 Å². The number of benzene rings is 2. The lowest BCUT2D eigenvalue weighted by molar-refractivity contribution is -0.0151. The molecule has 0 radical (unpaired) electrons. The number of imidazole rings is 1. The van der Waals surface area contributed by atoms with E-state index in [9.17, 15) is 18.3 Å². The number of aromatic amines is 1. The van der Waals surface area contributed by atoms with Crippen molar-refractivity contribution in [3.8, 4) is 5.75 Å². The molecule has 1 heterocycles. The number of aromatic nitrogens is 2. The number of urea groups is 1. The maximum Gasteiger partial charge on any atom is 0.339 e. The largest absolute Gasteiger partial charge is 0.382 e. The first kappa shape index (κ1) is 24.4. The Morgan fingerprint density at radius 2 is 1.75 bits per heavy atom. The van der Waals surface area contributed by atoms with Gasteiger partial charge in [-0.05, 0) is 74.9 Å². The zero-order valence-electron chi connectivity index (χ0n) is 19.9. The van der Waals surface area contributed by atoms with Crippen LogP contribution in [0.25, 0.3) is 11.0 Å². The first-order valence-electron chi connectivity index (χ1n) is 12.4. The van der Waals surface area contributed by atoms with E-state index in [1.165, 1.54) is 37.1 Å². The van der Waals surface area contributed by atoms with Crippen molar-refractivity contribution in [2.45, 2.75) is 74.4 Å². The second kappa shape index (κ2) is 9.98. The smallest absolute Gasteiger partial charge is 0.339 e. The van der Waals surface area contributed by atoms with E-state index in [1.807, 2.05) is 0 Å². The third-order valence-corrected chi connectivity index (χ3v) is 8.05. The van der Waals surface area contributed by atoms with Crippen LogP contribution in [0.5, 0.6) is 5.75 Å². The number of amides is 2. The average Bonchev–Trinajstić information content (AvgIpc) is 3.48. The van der Waals surface area contributed by atoms with Crippen molar-refractivity contribution in [1.29, 1.82) is 0 Å². The van der Waals surface area contributed by atoms with Gasteiger partial charge in [0.2, 0.25) is 5.95 Å². The van der Waals surface area contributed by atoms with Gasteiger partial charge in [0.15, 0.2) is 0 Å². The molecule has 1 aromatic heterocycles. The number of nitrogens with zero attached hydrogens (tertiary/aromatic N) is 1. The Hall–Kier alpha value is -3.31. The minimum Gasteiger partial charge on any atom is -0.382 e. The molecule has 5 rings (SSSR count). The Morgan fingerprint density at radius 3 is 2.47 bits per heavy atom.